The zero-order valence-electron chi connectivity index (χ0n) is 13.5. The maximum Gasteiger partial charge on any atom is 0.319 e. The number of nitrogens with one attached hydrogen (secondary N) is 1. The third-order valence-electron chi connectivity index (χ3n) is 2.57. The first-order valence-corrected chi connectivity index (χ1v) is 7.90. The number of carbonyl (C=O) groups excluding carboxylic acids is 1. The maximum atomic E-state index is 11.2. The van der Waals surface area contributed by atoms with Crippen LogP contribution in [0.2, 0.25) is 0 Å². The normalized spacial score (nSPS) is 10.8. The van der Waals surface area contributed by atoms with Crippen molar-refractivity contribution in [2.24, 2.45) is 0 Å². The van der Waals surface area contributed by atoms with Gasteiger partial charge in [-0.3, -0.25) is 4.79 Å². The van der Waals surface area contributed by atoms with Crippen molar-refractivity contribution in [2.45, 2.75) is 33.1 Å². The highest BCUT2D eigenvalue weighted by atomic mass is 16.6. The summed E-state index contributed by atoms with van der Waals surface area (Å²) >= 11 is 0. The zero-order chi connectivity index (χ0) is 15.6. The second-order valence-electron chi connectivity index (χ2n) is 4.59. The van der Waals surface area contributed by atoms with E-state index in [0.29, 0.717) is 33.0 Å². The van der Waals surface area contributed by atoms with Crippen LogP contribution in [-0.2, 0) is 23.7 Å². The molecular formula is C15H31NO5. The molecule has 1 N–H and O–H groups in total. The lowest BCUT2D eigenvalue weighted by atomic mass is 10.4. The summed E-state index contributed by atoms with van der Waals surface area (Å²) in [5.74, 6) is -0.243. The van der Waals surface area contributed by atoms with E-state index in [2.05, 4.69) is 12.2 Å². The summed E-state index contributed by atoms with van der Waals surface area (Å²) in [6.07, 6.45) is 3.24. The minimum Gasteiger partial charge on any atom is -0.462 e. The first kappa shape index (κ1) is 20.3. The lowest BCUT2D eigenvalue weighted by Crippen LogP contribution is -2.26. The van der Waals surface area contributed by atoms with Crippen LogP contribution in [0.1, 0.15) is 33.1 Å². The van der Waals surface area contributed by atoms with E-state index in [9.17, 15) is 4.79 Å². The van der Waals surface area contributed by atoms with E-state index in [1.165, 1.54) is 0 Å². The first-order valence-electron chi connectivity index (χ1n) is 7.90. The third-order valence-corrected chi connectivity index (χ3v) is 2.57. The minimum atomic E-state index is -0.243. The number of hydrogen-bond acceptors (Lipinski definition) is 6. The molecule has 0 bridgehead atoms. The molecular weight excluding hydrogens is 274 g/mol. The van der Waals surface area contributed by atoms with Crippen LogP contribution in [-0.4, -0.2) is 65.3 Å². The van der Waals surface area contributed by atoms with E-state index in [0.717, 1.165) is 32.4 Å². The fourth-order valence-corrected chi connectivity index (χ4v) is 1.42. The van der Waals surface area contributed by atoms with E-state index < -0.39 is 0 Å². The molecule has 21 heavy (non-hydrogen) atoms. The average Bonchev–Trinajstić information content (AvgIpc) is 2.48. The van der Waals surface area contributed by atoms with E-state index in [1.807, 2.05) is 6.92 Å². The number of unbranched alkanes of at least 4 members (excludes halogenated alkanes) is 1. The molecule has 0 spiro atoms. The SMILES string of the molecule is CCCCOCCOCCOCCOC(=O)CNCCC. The van der Waals surface area contributed by atoms with Crippen molar-refractivity contribution in [1.29, 1.82) is 0 Å². The molecule has 0 atom stereocenters. The van der Waals surface area contributed by atoms with Crippen molar-refractivity contribution in [3.8, 4) is 0 Å². The second kappa shape index (κ2) is 17.4. The van der Waals surface area contributed by atoms with Gasteiger partial charge in [0.05, 0.1) is 39.6 Å². The predicted molar refractivity (Wildman–Crippen MR) is 81.5 cm³/mol. The van der Waals surface area contributed by atoms with Gasteiger partial charge in [-0.25, -0.2) is 0 Å². The van der Waals surface area contributed by atoms with Crippen molar-refractivity contribution in [2.75, 3.05) is 59.3 Å². The Kier molecular flexibility index (Phi) is 16.8. The summed E-state index contributed by atoms with van der Waals surface area (Å²) in [6, 6.07) is 0. The van der Waals surface area contributed by atoms with E-state index >= 15 is 0 Å². The van der Waals surface area contributed by atoms with Crippen LogP contribution in [0.4, 0.5) is 0 Å². The summed E-state index contributed by atoms with van der Waals surface area (Å²) in [7, 11) is 0. The van der Waals surface area contributed by atoms with Gasteiger partial charge in [0.2, 0.25) is 0 Å². The Labute approximate surface area is 128 Å². The van der Waals surface area contributed by atoms with Crippen LogP contribution in [0.25, 0.3) is 0 Å². The Hall–Kier alpha value is -0.690. The fraction of sp³-hybridized carbons (Fsp3) is 0.933. The molecule has 0 saturated carbocycles. The fourth-order valence-electron chi connectivity index (χ4n) is 1.42. The molecule has 0 aromatic heterocycles. The topological polar surface area (TPSA) is 66.0 Å². The van der Waals surface area contributed by atoms with Crippen molar-refractivity contribution < 1.29 is 23.7 Å². The van der Waals surface area contributed by atoms with E-state index in [4.69, 9.17) is 18.9 Å². The molecule has 0 heterocycles. The van der Waals surface area contributed by atoms with E-state index in [-0.39, 0.29) is 19.1 Å². The minimum absolute atomic E-state index is 0.243. The molecule has 0 saturated heterocycles. The second-order valence-corrected chi connectivity index (χ2v) is 4.59. The van der Waals surface area contributed by atoms with Gasteiger partial charge in [-0.2, -0.15) is 0 Å². The number of esters is 1. The summed E-state index contributed by atoms with van der Waals surface area (Å²) in [6.45, 7) is 9.00. The molecule has 0 unspecified atom stereocenters. The summed E-state index contributed by atoms with van der Waals surface area (Å²) in [5.41, 5.74) is 0. The number of hydrogen-bond donors (Lipinski definition) is 1. The highest BCUT2D eigenvalue weighted by Gasteiger charge is 2.00. The molecule has 0 radical (unpaired) electrons. The Morgan fingerprint density at radius 3 is 1.95 bits per heavy atom. The quantitative estimate of drug-likeness (QED) is 0.343. The molecule has 6 heteroatoms. The molecule has 0 amide bonds. The summed E-state index contributed by atoms with van der Waals surface area (Å²) in [5, 5.41) is 2.98. The zero-order valence-corrected chi connectivity index (χ0v) is 13.5. The van der Waals surface area contributed by atoms with Gasteiger partial charge < -0.3 is 24.3 Å². The molecule has 0 fully saturated rings. The van der Waals surface area contributed by atoms with Crippen LogP contribution < -0.4 is 5.32 Å². The van der Waals surface area contributed by atoms with Gasteiger partial charge in [-0.1, -0.05) is 20.3 Å². The van der Waals surface area contributed by atoms with Crippen LogP contribution in [0.5, 0.6) is 0 Å². The van der Waals surface area contributed by atoms with Crippen molar-refractivity contribution in [1.82, 2.24) is 5.32 Å². The monoisotopic (exact) mass is 305 g/mol. The smallest absolute Gasteiger partial charge is 0.319 e. The number of carbonyl (C=O) groups is 1. The Morgan fingerprint density at radius 2 is 1.38 bits per heavy atom. The number of rotatable bonds is 16. The molecule has 0 rings (SSSR count). The highest BCUT2D eigenvalue weighted by Crippen LogP contribution is 1.88. The third kappa shape index (κ3) is 17.3. The Morgan fingerprint density at radius 1 is 0.810 bits per heavy atom. The van der Waals surface area contributed by atoms with Gasteiger partial charge in [-0.15, -0.1) is 0 Å². The van der Waals surface area contributed by atoms with Gasteiger partial charge >= 0.3 is 5.97 Å². The molecule has 0 aliphatic carbocycles. The Balaban J connectivity index is 3.06. The molecule has 0 aromatic rings. The highest BCUT2D eigenvalue weighted by molar-refractivity contribution is 5.71. The largest absolute Gasteiger partial charge is 0.462 e. The lowest BCUT2D eigenvalue weighted by Gasteiger charge is -2.07. The molecule has 0 aliphatic rings. The first-order chi connectivity index (χ1) is 10.3. The van der Waals surface area contributed by atoms with Gasteiger partial charge in [0.15, 0.2) is 0 Å². The van der Waals surface area contributed by atoms with Gasteiger partial charge in [-0.05, 0) is 19.4 Å². The van der Waals surface area contributed by atoms with Crippen LogP contribution in [0.15, 0.2) is 0 Å². The summed E-state index contributed by atoms with van der Waals surface area (Å²) in [4.78, 5) is 11.2. The van der Waals surface area contributed by atoms with Gasteiger partial charge in [0, 0.05) is 6.61 Å². The predicted octanol–water partition coefficient (Wildman–Crippen LogP) is 1.38. The van der Waals surface area contributed by atoms with Crippen molar-refractivity contribution >= 4 is 5.97 Å². The molecule has 0 aromatic carbocycles. The van der Waals surface area contributed by atoms with Crippen molar-refractivity contribution in [3.63, 3.8) is 0 Å². The van der Waals surface area contributed by atoms with E-state index in [1.54, 1.807) is 0 Å². The van der Waals surface area contributed by atoms with Crippen LogP contribution in [0.3, 0.4) is 0 Å². The van der Waals surface area contributed by atoms with Crippen LogP contribution in [0, 0.1) is 0 Å². The number of ether oxygens (including phenoxy) is 4. The maximum absolute atomic E-state index is 11.2. The average molecular weight is 305 g/mol. The Bertz CT molecular complexity index is 226. The molecule has 0 aliphatic heterocycles. The molecule has 6 nitrogen and oxygen atoms in total. The van der Waals surface area contributed by atoms with Crippen LogP contribution >= 0.6 is 0 Å². The summed E-state index contributed by atoms with van der Waals surface area (Å²) < 4.78 is 21.0. The van der Waals surface area contributed by atoms with Gasteiger partial charge in [0.1, 0.15) is 6.61 Å². The van der Waals surface area contributed by atoms with Gasteiger partial charge in [0.25, 0.3) is 0 Å². The van der Waals surface area contributed by atoms with Crippen molar-refractivity contribution in [3.05, 3.63) is 0 Å². The molecule has 126 valence electrons. The lowest BCUT2D eigenvalue weighted by molar-refractivity contribution is -0.144. The standard InChI is InChI=1S/C15H31NO5/c1-3-5-7-18-8-9-19-10-11-20-12-13-21-15(17)14-16-6-4-2/h16H,3-14H2,1-2H3.